The van der Waals surface area contributed by atoms with Crippen LogP contribution in [0.4, 0.5) is 14.5 Å². The number of H-pyrrole nitrogens is 1. The van der Waals surface area contributed by atoms with E-state index in [9.17, 15) is 23.5 Å². The minimum atomic E-state index is -1.17. The molecule has 2 aromatic heterocycles. The van der Waals surface area contributed by atoms with Crippen molar-refractivity contribution in [2.24, 2.45) is 0 Å². The van der Waals surface area contributed by atoms with E-state index in [1.54, 1.807) is 24.3 Å². The Balaban J connectivity index is 1.74. The van der Waals surface area contributed by atoms with Crippen molar-refractivity contribution in [2.75, 3.05) is 4.90 Å². The second kappa shape index (κ2) is 6.94. The van der Waals surface area contributed by atoms with Gasteiger partial charge in [0.2, 0.25) is 0 Å². The quantitative estimate of drug-likeness (QED) is 0.287. The van der Waals surface area contributed by atoms with E-state index < -0.39 is 35.1 Å². The van der Waals surface area contributed by atoms with Crippen LogP contribution in [0.25, 0.3) is 16.7 Å². The first kappa shape index (κ1) is 18.8. The minimum absolute atomic E-state index is 0.0413. The number of benzene rings is 2. The average molecular weight is 420 g/mol. The molecule has 0 aliphatic carbocycles. The number of para-hydroxylation sites is 1. The molecule has 1 fully saturated rings. The summed E-state index contributed by atoms with van der Waals surface area (Å²) in [6.07, 6.45) is 2.89. The molecule has 1 atom stereocenters. The molecule has 5 rings (SSSR count). The standard InChI is InChI=1S/C23H14F2N2O4/c24-15-8-7-12(10-16(15)25)27-20(18-6-3-9-31-18)19(22(29)23(27)30)21(28)14-11-26-17-5-2-1-4-13(14)17/h1-11,20,26,28H/b21-19-. The fourth-order valence-corrected chi connectivity index (χ4v) is 3.86. The van der Waals surface area contributed by atoms with Crippen LogP contribution in [0.5, 0.6) is 0 Å². The Bertz CT molecular complexity index is 1370. The molecule has 154 valence electrons. The van der Waals surface area contributed by atoms with E-state index in [1.807, 2.05) is 6.07 Å². The van der Waals surface area contributed by atoms with Crippen LogP contribution in [-0.2, 0) is 9.59 Å². The van der Waals surface area contributed by atoms with Gasteiger partial charge < -0.3 is 14.5 Å². The van der Waals surface area contributed by atoms with E-state index in [-0.39, 0.29) is 17.0 Å². The van der Waals surface area contributed by atoms with Gasteiger partial charge in [0.1, 0.15) is 17.6 Å². The lowest BCUT2D eigenvalue weighted by atomic mass is 9.99. The lowest BCUT2D eigenvalue weighted by Gasteiger charge is -2.23. The van der Waals surface area contributed by atoms with Crippen molar-refractivity contribution in [3.63, 3.8) is 0 Å². The van der Waals surface area contributed by atoms with E-state index in [0.29, 0.717) is 10.9 Å². The molecule has 1 saturated heterocycles. The summed E-state index contributed by atoms with van der Waals surface area (Å²) in [6, 6.07) is 12.0. The summed E-state index contributed by atoms with van der Waals surface area (Å²) in [5.41, 5.74) is 0.804. The van der Waals surface area contributed by atoms with Crippen LogP contribution in [0.1, 0.15) is 17.4 Å². The number of anilines is 1. The van der Waals surface area contributed by atoms with Crippen LogP contribution in [-0.4, -0.2) is 21.8 Å². The van der Waals surface area contributed by atoms with E-state index in [4.69, 9.17) is 4.42 Å². The molecule has 0 bridgehead atoms. The number of aromatic amines is 1. The molecule has 8 heteroatoms. The summed E-state index contributed by atoms with van der Waals surface area (Å²) in [5, 5.41) is 11.8. The van der Waals surface area contributed by atoms with Gasteiger partial charge in [0.15, 0.2) is 11.6 Å². The summed E-state index contributed by atoms with van der Waals surface area (Å²) >= 11 is 0. The first-order chi connectivity index (χ1) is 15.0. The summed E-state index contributed by atoms with van der Waals surface area (Å²) in [4.78, 5) is 29.9. The third kappa shape index (κ3) is 2.83. The SMILES string of the molecule is O=C1C(=O)N(c2ccc(F)c(F)c2)C(c2ccco2)/C1=C(/O)c1c[nH]c2ccccc12. The molecular weight excluding hydrogens is 406 g/mol. The highest BCUT2D eigenvalue weighted by molar-refractivity contribution is 6.51. The highest BCUT2D eigenvalue weighted by Crippen LogP contribution is 2.43. The molecule has 6 nitrogen and oxygen atoms in total. The van der Waals surface area contributed by atoms with E-state index in [2.05, 4.69) is 4.98 Å². The monoisotopic (exact) mass is 420 g/mol. The summed E-state index contributed by atoms with van der Waals surface area (Å²) < 4.78 is 32.8. The Morgan fingerprint density at radius 2 is 1.84 bits per heavy atom. The summed E-state index contributed by atoms with van der Waals surface area (Å²) in [6.45, 7) is 0. The molecule has 2 N–H and O–H groups in total. The van der Waals surface area contributed by atoms with E-state index >= 15 is 0 Å². The zero-order valence-corrected chi connectivity index (χ0v) is 15.8. The molecule has 1 aliphatic heterocycles. The smallest absolute Gasteiger partial charge is 0.300 e. The number of carbonyl (C=O) groups is 2. The molecule has 1 unspecified atom stereocenters. The van der Waals surface area contributed by atoms with Gasteiger partial charge in [0.05, 0.1) is 11.8 Å². The number of fused-ring (bicyclic) bond motifs is 1. The van der Waals surface area contributed by atoms with Crippen LogP contribution in [0.15, 0.2) is 77.0 Å². The van der Waals surface area contributed by atoms with Crippen LogP contribution in [0.2, 0.25) is 0 Å². The summed E-state index contributed by atoms with van der Waals surface area (Å²) in [5.74, 6) is -4.43. The van der Waals surface area contributed by atoms with Crippen LogP contribution >= 0.6 is 0 Å². The zero-order chi connectivity index (χ0) is 21.7. The largest absolute Gasteiger partial charge is 0.507 e. The number of hydrogen-bond donors (Lipinski definition) is 2. The van der Waals surface area contributed by atoms with Gasteiger partial charge in [0, 0.05) is 34.4 Å². The maximum absolute atomic E-state index is 13.9. The second-order valence-electron chi connectivity index (χ2n) is 7.03. The first-order valence-electron chi connectivity index (χ1n) is 9.33. The van der Waals surface area contributed by atoms with Gasteiger partial charge in [-0.05, 0) is 30.3 Å². The second-order valence-corrected chi connectivity index (χ2v) is 7.03. The highest BCUT2D eigenvalue weighted by atomic mass is 19.2. The topological polar surface area (TPSA) is 86.5 Å². The molecule has 0 spiro atoms. The fourth-order valence-electron chi connectivity index (χ4n) is 3.86. The van der Waals surface area contributed by atoms with Gasteiger partial charge in [-0.25, -0.2) is 8.78 Å². The molecule has 3 heterocycles. The Hall–Kier alpha value is -4.20. The van der Waals surface area contributed by atoms with Gasteiger partial charge in [-0.3, -0.25) is 14.5 Å². The van der Waals surface area contributed by atoms with Crippen molar-refractivity contribution in [2.45, 2.75) is 6.04 Å². The number of amides is 1. The van der Waals surface area contributed by atoms with Crippen LogP contribution in [0, 0.1) is 11.6 Å². The average Bonchev–Trinajstić information content (AvgIpc) is 3.49. The number of aliphatic hydroxyl groups is 1. The van der Waals surface area contributed by atoms with Gasteiger partial charge in [-0.1, -0.05) is 18.2 Å². The predicted molar refractivity (Wildman–Crippen MR) is 108 cm³/mol. The molecule has 0 radical (unpaired) electrons. The number of carbonyl (C=O) groups excluding carboxylic acids is 2. The van der Waals surface area contributed by atoms with Crippen molar-refractivity contribution < 1.29 is 27.9 Å². The zero-order valence-electron chi connectivity index (χ0n) is 15.8. The van der Waals surface area contributed by atoms with Crippen molar-refractivity contribution in [3.8, 4) is 0 Å². The number of rotatable bonds is 3. The van der Waals surface area contributed by atoms with Gasteiger partial charge in [0.25, 0.3) is 11.7 Å². The number of Topliss-reactive ketones (excluding diaryl/α,β-unsaturated/α-hetero) is 1. The lowest BCUT2D eigenvalue weighted by Crippen LogP contribution is -2.29. The van der Waals surface area contributed by atoms with Crippen molar-refractivity contribution in [1.82, 2.24) is 4.98 Å². The van der Waals surface area contributed by atoms with Gasteiger partial charge in [-0.15, -0.1) is 0 Å². The number of ketones is 1. The number of hydrogen-bond acceptors (Lipinski definition) is 4. The van der Waals surface area contributed by atoms with Crippen molar-refractivity contribution in [1.29, 1.82) is 0 Å². The molecule has 2 aromatic carbocycles. The Labute approximate surface area is 174 Å². The van der Waals surface area contributed by atoms with Crippen LogP contribution < -0.4 is 4.90 Å². The Morgan fingerprint density at radius 1 is 1.03 bits per heavy atom. The number of aromatic nitrogens is 1. The number of nitrogens with zero attached hydrogens (tertiary/aromatic N) is 1. The van der Waals surface area contributed by atoms with Gasteiger partial charge >= 0.3 is 0 Å². The van der Waals surface area contributed by atoms with Gasteiger partial charge in [-0.2, -0.15) is 0 Å². The number of nitrogens with one attached hydrogen (secondary N) is 1. The normalized spacial score (nSPS) is 18.3. The Kier molecular flexibility index (Phi) is 4.21. The van der Waals surface area contributed by atoms with E-state index in [1.165, 1.54) is 24.6 Å². The van der Waals surface area contributed by atoms with Crippen molar-refractivity contribution in [3.05, 3.63) is 95.6 Å². The van der Waals surface area contributed by atoms with Crippen molar-refractivity contribution >= 4 is 34.0 Å². The molecule has 31 heavy (non-hydrogen) atoms. The molecule has 1 aliphatic rings. The number of aliphatic hydroxyl groups excluding tert-OH is 1. The first-order valence-corrected chi connectivity index (χ1v) is 9.33. The minimum Gasteiger partial charge on any atom is -0.507 e. The number of halogens is 2. The Morgan fingerprint density at radius 3 is 2.58 bits per heavy atom. The maximum Gasteiger partial charge on any atom is 0.300 e. The van der Waals surface area contributed by atoms with E-state index in [0.717, 1.165) is 22.5 Å². The lowest BCUT2D eigenvalue weighted by molar-refractivity contribution is -0.132. The maximum atomic E-state index is 13.9. The predicted octanol–water partition coefficient (Wildman–Crippen LogP) is 4.67. The molecule has 4 aromatic rings. The molecular formula is C23H14F2N2O4. The third-order valence-electron chi connectivity index (χ3n) is 5.28. The number of furan rings is 1. The third-order valence-corrected chi connectivity index (χ3v) is 5.28. The fraction of sp³-hybridized carbons (Fsp3) is 0.0435. The highest BCUT2D eigenvalue weighted by Gasteiger charge is 2.48. The van der Waals surface area contributed by atoms with Crippen LogP contribution in [0.3, 0.4) is 0 Å². The summed E-state index contributed by atoms with van der Waals surface area (Å²) in [7, 11) is 0. The molecule has 1 amide bonds. The molecule has 0 saturated carbocycles.